The van der Waals surface area contributed by atoms with Gasteiger partial charge in [0, 0.05) is 23.1 Å². The Kier molecular flexibility index (Phi) is 5.42. The topological polar surface area (TPSA) is 46.3 Å². The van der Waals surface area contributed by atoms with Crippen molar-refractivity contribution in [1.82, 2.24) is 4.90 Å². The molecule has 1 unspecified atom stereocenters. The maximum atomic E-state index is 12.4. The Hall–Kier alpha value is -0.580. The van der Waals surface area contributed by atoms with E-state index >= 15 is 0 Å². The number of nitrogens with two attached hydrogens (primary N) is 1. The van der Waals surface area contributed by atoms with Crippen LogP contribution in [-0.2, 0) is 0 Å². The normalized spacial score (nSPS) is 22.2. The van der Waals surface area contributed by atoms with E-state index in [-0.39, 0.29) is 23.7 Å². The maximum Gasteiger partial charge on any atom is 0.253 e. The lowest BCUT2D eigenvalue weighted by molar-refractivity contribution is 0.0777. The number of amides is 1. The number of likely N-dealkylation sites (tertiary alicyclic amines) is 1. The molecule has 5 heteroatoms. The number of halogens is 2. The first kappa shape index (κ1) is 16.5. The van der Waals surface area contributed by atoms with Crippen molar-refractivity contribution in [2.24, 2.45) is 11.1 Å². The highest BCUT2D eigenvalue weighted by Crippen LogP contribution is 2.29. The summed E-state index contributed by atoms with van der Waals surface area (Å²) in [5.74, 6) is 0.114. The lowest BCUT2D eigenvalue weighted by atomic mass is 9.90. The van der Waals surface area contributed by atoms with Crippen LogP contribution in [0.2, 0.25) is 0 Å². The highest BCUT2D eigenvalue weighted by molar-refractivity contribution is 9.10. The highest BCUT2D eigenvalue weighted by Gasteiger charge is 2.35. The molecule has 2 N–H and O–H groups in total. The minimum Gasteiger partial charge on any atom is -0.338 e. The molecular weight excluding hydrogens is 328 g/mol. The van der Waals surface area contributed by atoms with E-state index in [0.29, 0.717) is 6.54 Å². The first-order chi connectivity index (χ1) is 8.45. The van der Waals surface area contributed by atoms with Crippen molar-refractivity contribution in [1.29, 1.82) is 0 Å². The number of benzene rings is 1. The van der Waals surface area contributed by atoms with Crippen molar-refractivity contribution in [3.05, 3.63) is 33.8 Å². The highest BCUT2D eigenvalue weighted by atomic mass is 79.9. The summed E-state index contributed by atoms with van der Waals surface area (Å²) in [6, 6.07) is 5.74. The Bertz CT molecular complexity index is 481. The molecule has 1 atom stereocenters. The van der Waals surface area contributed by atoms with Crippen LogP contribution in [0.4, 0.5) is 0 Å². The molecule has 1 aromatic rings. The van der Waals surface area contributed by atoms with Crippen LogP contribution in [0, 0.1) is 12.3 Å². The van der Waals surface area contributed by atoms with Crippen LogP contribution in [-0.4, -0.2) is 30.4 Å². The van der Waals surface area contributed by atoms with Gasteiger partial charge in [-0.3, -0.25) is 4.79 Å². The summed E-state index contributed by atoms with van der Waals surface area (Å²) >= 11 is 3.45. The summed E-state index contributed by atoms with van der Waals surface area (Å²) in [7, 11) is 0. The quantitative estimate of drug-likeness (QED) is 0.894. The number of hydrogen-bond donors (Lipinski definition) is 1. The van der Waals surface area contributed by atoms with Crippen molar-refractivity contribution in [2.75, 3.05) is 19.6 Å². The Morgan fingerprint density at radius 2 is 2.21 bits per heavy atom. The van der Waals surface area contributed by atoms with Gasteiger partial charge in [-0.25, -0.2) is 0 Å². The van der Waals surface area contributed by atoms with E-state index in [2.05, 4.69) is 22.9 Å². The van der Waals surface area contributed by atoms with Gasteiger partial charge in [0.2, 0.25) is 0 Å². The van der Waals surface area contributed by atoms with Gasteiger partial charge in [0.15, 0.2) is 0 Å². The summed E-state index contributed by atoms with van der Waals surface area (Å²) in [6.07, 6.45) is 0.991. The van der Waals surface area contributed by atoms with Crippen molar-refractivity contribution in [3.63, 3.8) is 0 Å². The first-order valence-electron chi connectivity index (χ1n) is 6.21. The second-order valence-corrected chi connectivity index (χ2v) is 6.31. The van der Waals surface area contributed by atoms with Crippen LogP contribution in [0.15, 0.2) is 22.7 Å². The van der Waals surface area contributed by atoms with Crippen LogP contribution in [0.3, 0.4) is 0 Å². The Labute approximate surface area is 129 Å². The molecule has 0 aliphatic carbocycles. The molecule has 1 aromatic carbocycles. The zero-order valence-corrected chi connectivity index (χ0v) is 13.7. The van der Waals surface area contributed by atoms with Gasteiger partial charge < -0.3 is 10.6 Å². The molecule has 1 amide bonds. The smallest absolute Gasteiger partial charge is 0.253 e. The zero-order valence-electron chi connectivity index (χ0n) is 11.3. The third kappa shape index (κ3) is 3.50. The number of nitrogens with zero attached hydrogens (tertiary/aromatic N) is 1. The molecule has 0 spiro atoms. The van der Waals surface area contributed by atoms with E-state index in [1.165, 1.54) is 0 Å². The van der Waals surface area contributed by atoms with Crippen LogP contribution in [0.5, 0.6) is 0 Å². The Balaban J connectivity index is 0.00000180. The van der Waals surface area contributed by atoms with Gasteiger partial charge in [-0.1, -0.05) is 22.9 Å². The van der Waals surface area contributed by atoms with Crippen LogP contribution < -0.4 is 5.73 Å². The molecule has 1 saturated heterocycles. The van der Waals surface area contributed by atoms with E-state index in [0.717, 1.165) is 35.1 Å². The largest absolute Gasteiger partial charge is 0.338 e. The van der Waals surface area contributed by atoms with E-state index in [1.807, 2.05) is 30.0 Å². The summed E-state index contributed by atoms with van der Waals surface area (Å²) < 4.78 is 1.03. The van der Waals surface area contributed by atoms with E-state index in [9.17, 15) is 4.79 Å². The van der Waals surface area contributed by atoms with Crippen molar-refractivity contribution >= 4 is 34.2 Å². The molecule has 1 heterocycles. The molecule has 0 bridgehead atoms. The average Bonchev–Trinajstić information content (AvgIpc) is 2.75. The van der Waals surface area contributed by atoms with Crippen molar-refractivity contribution < 1.29 is 4.79 Å². The van der Waals surface area contributed by atoms with Crippen LogP contribution >= 0.6 is 28.3 Å². The summed E-state index contributed by atoms with van der Waals surface area (Å²) in [4.78, 5) is 14.3. The predicted octanol–water partition coefficient (Wildman–Crippen LogP) is 2.99. The fourth-order valence-corrected chi connectivity index (χ4v) is 2.57. The molecule has 19 heavy (non-hydrogen) atoms. The second-order valence-electron chi connectivity index (χ2n) is 5.46. The fraction of sp³-hybridized carbons (Fsp3) is 0.500. The predicted molar refractivity (Wildman–Crippen MR) is 83.8 cm³/mol. The summed E-state index contributed by atoms with van der Waals surface area (Å²) in [6.45, 7) is 6.34. The third-order valence-corrected chi connectivity index (χ3v) is 4.63. The van der Waals surface area contributed by atoms with E-state index in [4.69, 9.17) is 5.73 Å². The van der Waals surface area contributed by atoms with Gasteiger partial charge in [-0.15, -0.1) is 12.4 Å². The van der Waals surface area contributed by atoms with Gasteiger partial charge in [0.1, 0.15) is 0 Å². The van der Waals surface area contributed by atoms with Gasteiger partial charge in [-0.2, -0.15) is 0 Å². The lowest BCUT2D eigenvalue weighted by Crippen LogP contribution is -2.34. The van der Waals surface area contributed by atoms with E-state index in [1.54, 1.807) is 0 Å². The minimum absolute atomic E-state index is 0. The SMILES string of the molecule is Cc1cc(C(=O)N2CCC(C)(CN)C2)ccc1Br.Cl. The Morgan fingerprint density at radius 3 is 2.74 bits per heavy atom. The number of carbonyl (C=O) groups excluding carboxylic acids is 1. The zero-order chi connectivity index (χ0) is 13.3. The first-order valence-corrected chi connectivity index (χ1v) is 7.00. The van der Waals surface area contributed by atoms with E-state index < -0.39 is 0 Å². The van der Waals surface area contributed by atoms with Crippen molar-refractivity contribution in [3.8, 4) is 0 Å². The minimum atomic E-state index is 0. The van der Waals surface area contributed by atoms with Gasteiger partial charge >= 0.3 is 0 Å². The van der Waals surface area contributed by atoms with Crippen LogP contribution in [0.25, 0.3) is 0 Å². The van der Waals surface area contributed by atoms with Gasteiger partial charge in [-0.05, 0) is 49.1 Å². The molecular formula is C14H20BrClN2O. The molecule has 0 saturated carbocycles. The lowest BCUT2D eigenvalue weighted by Gasteiger charge is -2.22. The van der Waals surface area contributed by atoms with Crippen molar-refractivity contribution in [2.45, 2.75) is 20.3 Å². The Morgan fingerprint density at radius 1 is 1.53 bits per heavy atom. The van der Waals surface area contributed by atoms with Crippen LogP contribution in [0.1, 0.15) is 29.3 Å². The molecule has 1 aliphatic heterocycles. The third-order valence-electron chi connectivity index (χ3n) is 3.74. The molecule has 1 aliphatic rings. The fourth-order valence-electron chi connectivity index (χ4n) is 2.32. The molecule has 1 fully saturated rings. The van der Waals surface area contributed by atoms with Gasteiger partial charge in [0.25, 0.3) is 5.91 Å². The average molecular weight is 348 g/mol. The monoisotopic (exact) mass is 346 g/mol. The summed E-state index contributed by atoms with van der Waals surface area (Å²) in [5, 5.41) is 0. The molecule has 0 radical (unpaired) electrons. The second kappa shape index (κ2) is 6.25. The maximum absolute atomic E-state index is 12.4. The summed E-state index contributed by atoms with van der Waals surface area (Å²) in [5.41, 5.74) is 7.70. The molecule has 106 valence electrons. The molecule has 3 nitrogen and oxygen atoms in total. The standard InChI is InChI=1S/C14H19BrN2O.ClH/c1-10-7-11(3-4-12(10)15)13(18)17-6-5-14(2,8-16)9-17;/h3-4,7H,5-6,8-9,16H2,1-2H3;1H. The van der Waals surface area contributed by atoms with Gasteiger partial charge in [0.05, 0.1) is 0 Å². The number of hydrogen-bond acceptors (Lipinski definition) is 2. The number of rotatable bonds is 2. The molecule has 2 rings (SSSR count). The molecule has 0 aromatic heterocycles. The number of carbonyl (C=O) groups is 1. The number of aryl methyl sites for hydroxylation is 1.